The van der Waals surface area contributed by atoms with Gasteiger partial charge >= 0.3 is 0 Å². The summed E-state index contributed by atoms with van der Waals surface area (Å²) < 4.78 is 24.2. The number of hydrogen-bond donors (Lipinski definition) is 1. The number of amides is 1. The minimum atomic E-state index is -3.43. The van der Waals surface area contributed by atoms with Gasteiger partial charge in [0.05, 0.1) is 17.0 Å². The molecule has 0 radical (unpaired) electrons. The quantitative estimate of drug-likeness (QED) is 0.870. The number of hydrogen-bond acceptors (Lipinski definition) is 3. The van der Waals surface area contributed by atoms with Crippen LogP contribution in [0.3, 0.4) is 0 Å². The summed E-state index contributed by atoms with van der Waals surface area (Å²) in [4.78, 5) is 12.0. The van der Waals surface area contributed by atoms with E-state index >= 15 is 0 Å². The second-order valence-electron chi connectivity index (χ2n) is 5.34. The van der Waals surface area contributed by atoms with Crippen LogP contribution < -0.4 is 9.62 Å². The van der Waals surface area contributed by atoms with E-state index in [2.05, 4.69) is 19.2 Å². The van der Waals surface area contributed by atoms with E-state index in [1.807, 2.05) is 0 Å². The lowest BCUT2D eigenvalue weighted by Gasteiger charge is -2.19. The fraction of sp³-hybridized carbons (Fsp3) is 0.500. The molecule has 0 saturated carbocycles. The maximum atomic E-state index is 12.0. The van der Waals surface area contributed by atoms with Gasteiger partial charge in [-0.3, -0.25) is 9.10 Å². The van der Waals surface area contributed by atoms with Crippen molar-refractivity contribution >= 4 is 33.2 Å². The lowest BCUT2D eigenvalue weighted by Crippen LogP contribution is -2.27. The van der Waals surface area contributed by atoms with Crippen LogP contribution in [-0.4, -0.2) is 34.2 Å². The number of benzene rings is 1. The van der Waals surface area contributed by atoms with Gasteiger partial charge in [-0.15, -0.1) is 0 Å². The molecule has 7 heteroatoms. The van der Waals surface area contributed by atoms with Crippen molar-refractivity contribution < 1.29 is 13.2 Å². The average Bonchev–Trinajstić information content (AvgIpc) is 2.36. The summed E-state index contributed by atoms with van der Waals surface area (Å²) in [6.07, 6.45) is 1.97. The number of nitrogens with one attached hydrogen (secondary N) is 1. The number of sulfonamides is 1. The molecule has 0 saturated heterocycles. The van der Waals surface area contributed by atoms with Crippen LogP contribution in [0.4, 0.5) is 5.69 Å². The number of halogens is 1. The Labute approximate surface area is 131 Å². The summed E-state index contributed by atoms with van der Waals surface area (Å²) in [7, 11) is -2.03. The van der Waals surface area contributed by atoms with Crippen LogP contribution in [0.5, 0.6) is 0 Å². The number of anilines is 1. The van der Waals surface area contributed by atoms with Crippen molar-refractivity contribution in [2.45, 2.75) is 20.3 Å². The van der Waals surface area contributed by atoms with Gasteiger partial charge in [0.15, 0.2) is 0 Å². The number of carbonyl (C=O) groups excluding carboxylic acids is 1. The molecule has 0 fully saturated rings. The van der Waals surface area contributed by atoms with Crippen molar-refractivity contribution in [3.63, 3.8) is 0 Å². The third kappa shape index (κ3) is 5.21. The van der Waals surface area contributed by atoms with Gasteiger partial charge in [0.1, 0.15) is 0 Å². The maximum absolute atomic E-state index is 12.0. The Morgan fingerprint density at radius 2 is 2.00 bits per heavy atom. The van der Waals surface area contributed by atoms with Gasteiger partial charge in [0.25, 0.3) is 5.91 Å². The van der Waals surface area contributed by atoms with Gasteiger partial charge in [-0.2, -0.15) is 0 Å². The van der Waals surface area contributed by atoms with Gasteiger partial charge in [-0.05, 0) is 30.5 Å². The smallest absolute Gasteiger partial charge is 0.251 e. The highest BCUT2D eigenvalue weighted by molar-refractivity contribution is 7.92. The molecule has 1 aromatic carbocycles. The first-order chi connectivity index (χ1) is 9.62. The second kappa shape index (κ2) is 7.13. The molecule has 1 N–H and O–H groups in total. The number of carbonyl (C=O) groups is 1. The molecule has 118 valence electrons. The SMILES string of the molecule is CC(C)CCNC(=O)c1ccc(Cl)c(N(C)S(C)(=O)=O)c1. The normalized spacial score (nSPS) is 11.5. The predicted molar refractivity (Wildman–Crippen MR) is 86.5 cm³/mol. The third-order valence-corrected chi connectivity index (χ3v) is 4.56. The molecule has 0 heterocycles. The molecule has 0 spiro atoms. The van der Waals surface area contributed by atoms with Crippen LogP contribution in [0, 0.1) is 5.92 Å². The zero-order valence-electron chi connectivity index (χ0n) is 12.7. The highest BCUT2D eigenvalue weighted by Gasteiger charge is 2.17. The topological polar surface area (TPSA) is 66.5 Å². The molecule has 0 aromatic heterocycles. The monoisotopic (exact) mass is 332 g/mol. The van der Waals surface area contributed by atoms with Gasteiger partial charge in [0.2, 0.25) is 10.0 Å². The van der Waals surface area contributed by atoms with Gasteiger partial charge in [-0.25, -0.2) is 8.42 Å². The van der Waals surface area contributed by atoms with Crippen LogP contribution in [0.2, 0.25) is 5.02 Å². The van der Waals surface area contributed by atoms with Gasteiger partial charge in [0, 0.05) is 19.2 Å². The Morgan fingerprint density at radius 3 is 2.52 bits per heavy atom. The lowest BCUT2D eigenvalue weighted by molar-refractivity contribution is 0.0952. The van der Waals surface area contributed by atoms with E-state index < -0.39 is 10.0 Å². The minimum absolute atomic E-state index is 0.240. The Balaban J connectivity index is 2.94. The van der Waals surface area contributed by atoms with Crippen molar-refractivity contribution in [2.24, 2.45) is 5.92 Å². The molecular formula is C14H21ClN2O3S. The molecule has 21 heavy (non-hydrogen) atoms. The van der Waals surface area contributed by atoms with Crippen LogP contribution >= 0.6 is 11.6 Å². The standard InChI is InChI=1S/C14H21ClN2O3S/c1-10(2)7-8-16-14(18)11-5-6-12(15)13(9-11)17(3)21(4,19)20/h5-6,9-10H,7-8H2,1-4H3,(H,16,18). The van der Waals surface area contributed by atoms with Gasteiger partial charge < -0.3 is 5.32 Å². The summed E-state index contributed by atoms with van der Waals surface area (Å²) in [5.74, 6) is 0.262. The van der Waals surface area contributed by atoms with Crippen LogP contribution in [0.15, 0.2) is 18.2 Å². The molecule has 1 rings (SSSR count). The first kappa shape index (κ1) is 17.8. The number of rotatable bonds is 6. The molecule has 0 aliphatic carbocycles. The van der Waals surface area contributed by atoms with Crippen molar-refractivity contribution in [1.82, 2.24) is 5.32 Å². The van der Waals surface area contributed by atoms with Crippen LogP contribution in [-0.2, 0) is 10.0 Å². The van der Waals surface area contributed by atoms with Crippen molar-refractivity contribution in [2.75, 3.05) is 24.2 Å². The summed E-state index contributed by atoms with van der Waals surface area (Å²) in [5, 5.41) is 3.08. The molecule has 1 aromatic rings. The van der Waals surface area contributed by atoms with Crippen LogP contribution in [0.1, 0.15) is 30.6 Å². The van der Waals surface area contributed by atoms with E-state index in [4.69, 9.17) is 11.6 Å². The molecule has 0 aliphatic rings. The summed E-state index contributed by atoms with van der Waals surface area (Å²) in [5.41, 5.74) is 0.671. The molecule has 0 unspecified atom stereocenters. The Bertz CT molecular complexity index is 615. The highest BCUT2D eigenvalue weighted by atomic mass is 35.5. The zero-order valence-corrected chi connectivity index (χ0v) is 14.3. The zero-order chi connectivity index (χ0) is 16.2. The molecule has 0 aliphatic heterocycles. The first-order valence-electron chi connectivity index (χ1n) is 6.64. The molecule has 0 bridgehead atoms. The van der Waals surface area contributed by atoms with Crippen molar-refractivity contribution in [3.05, 3.63) is 28.8 Å². The average molecular weight is 333 g/mol. The predicted octanol–water partition coefficient (Wildman–Crippen LogP) is 2.51. The molecule has 0 atom stereocenters. The molecule has 5 nitrogen and oxygen atoms in total. The van der Waals surface area contributed by atoms with E-state index in [1.54, 1.807) is 6.07 Å². The van der Waals surface area contributed by atoms with E-state index in [0.29, 0.717) is 18.0 Å². The van der Waals surface area contributed by atoms with E-state index in [-0.39, 0.29) is 16.6 Å². The van der Waals surface area contributed by atoms with Crippen LogP contribution in [0.25, 0.3) is 0 Å². The Morgan fingerprint density at radius 1 is 1.38 bits per heavy atom. The van der Waals surface area contributed by atoms with Crippen molar-refractivity contribution in [1.29, 1.82) is 0 Å². The van der Waals surface area contributed by atoms with Crippen molar-refractivity contribution in [3.8, 4) is 0 Å². The summed E-state index contributed by atoms with van der Waals surface area (Å²) >= 11 is 6.01. The summed E-state index contributed by atoms with van der Waals surface area (Å²) in [6, 6.07) is 4.58. The number of nitrogens with zero attached hydrogens (tertiary/aromatic N) is 1. The second-order valence-corrected chi connectivity index (χ2v) is 7.76. The largest absolute Gasteiger partial charge is 0.352 e. The fourth-order valence-corrected chi connectivity index (χ4v) is 2.45. The Hall–Kier alpha value is -1.27. The van der Waals surface area contributed by atoms with E-state index in [1.165, 1.54) is 19.2 Å². The highest BCUT2D eigenvalue weighted by Crippen LogP contribution is 2.27. The lowest BCUT2D eigenvalue weighted by atomic mass is 10.1. The fourth-order valence-electron chi connectivity index (χ4n) is 1.65. The van der Waals surface area contributed by atoms with E-state index in [0.717, 1.165) is 17.0 Å². The minimum Gasteiger partial charge on any atom is -0.352 e. The molecular weight excluding hydrogens is 312 g/mol. The summed E-state index contributed by atoms with van der Waals surface area (Å²) in [6.45, 7) is 4.73. The molecule has 1 amide bonds. The maximum Gasteiger partial charge on any atom is 0.251 e. The Kier molecular flexibility index (Phi) is 6.04. The van der Waals surface area contributed by atoms with E-state index in [9.17, 15) is 13.2 Å². The first-order valence-corrected chi connectivity index (χ1v) is 8.87. The van der Waals surface area contributed by atoms with Gasteiger partial charge in [-0.1, -0.05) is 25.4 Å². The third-order valence-electron chi connectivity index (χ3n) is 3.05.